The molecule has 0 spiro atoms. The quantitative estimate of drug-likeness (QED) is 0.782. The molecule has 1 fully saturated rings. The normalized spacial score (nSPS) is 17.4. The average molecular weight is 361 g/mol. The molecule has 2 heterocycles. The first-order valence-electron chi connectivity index (χ1n) is 8.49. The minimum Gasteiger partial charge on any atom is -0.346 e. The van der Waals surface area contributed by atoms with Crippen LogP contribution in [0.25, 0.3) is 0 Å². The van der Waals surface area contributed by atoms with E-state index in [0.29, 0.717) is 26.2 Å². The Morgan fingerprint density at radius 1 is 1.32 bits per heavy atom. The summed E-state index contributed by atoms with van der Waals surface area (Å²) in [5.74, 6) is 0.0986. The van der Waals surface area contributed by atoms with E-state index in [2.05, 4.69) is 9.88 Å². The van der Waals surface area contributed by atoms with Crippen LogP contribution in [0, 0.1) is 13.8 Å². The summed E-state index contributed by atoms with van der Waals surface area (Å²) >= 11 is 6.27. The molecule has 3 rings (SSSR count). The summed E-state index contributed by atoms with van der Waals surface area (Å²) in [6.45, 7) is 6.75. The third kappa shape index (κ3) is 3.94. The molecule has 0 radical (unpaired) electrons. The van der Waals surface area contributed by atoms with Crippen LogP contribution in [0.4, 0.5) is 0 Å². The van der Waals surface area contributed by atoms with E-state index in [0.717, 1.165) is 39.0 Å². The van der Waals surface area contributed by atoms with Gasteiger partial charge in [-0.3, -0.25) is 9.59 Å². The number of hydrogen-bond donors (Lipinski definition) is 2. The second-order valence-corrected chi connectivity index (χ2v) is 7.00. The molecule has 132 valence electrons. The van der Waals surface area contributed by atoms with Gasteiger partial charge in [0.05, 0.1) is 13.1 Å². The number of carbonyl (C=O) groups excluding carboxylic acids is 2. The third-order valence-electron chi connectivity index (χ3n) is 4.78. The van der Waals surface area contributed by atoms with Crippen LogP contribution in [0.3, 0.4) is 0 Å². The fourth-order valence-electron chi connectivity index (χ4n) is 3.35. The van der Waals surface area contributed by atoms with Gasteiger partial charge in [0.15, 0.2) is 6.54 Å². The molecule has 1 amide bonds. The Morgan fingerprint density at radius 2 is 2.08 bits per heavy atom. The first-order valence-corrected chi connectivity index (χ1v) is 8.87. The largest absolute Gasteiger partial charge is 0.346 e. The summed E-state index contributed by atoms with van der Waals surface area (Å²) < 4.78 is 2.12. The van der Waals surface area contributed by atoms with Crippen molar-refractivity contribution in [2.24, 2.45) is 0 Å². The van der Waals surface area contributed by atoms with Crippen LogP contribution in [0.5, 0.6) is 0 Å². The number of nitrogens with zero attached hydrogens (tertiary/aromatic N) is 1. The van der Waals surface area contributed by atoms with Gasteiger partial charge in [0.2, 0.25) is 5.78 Å². The maximum absolute atomic E-state index is 12.7. The van der Waals surface area contributed by atoms with E-state index in [9.17, 15) is 9.59 Å². The third-order valence-corrected chi connectivity index (χ3v) is 5.15. The lowest BCUT2D eigenvalue weighted by Gasteiger charge is -2.22. The Labute approximate surface area is 152 Å². The number of aromatic nitrogens is 1. The summed E-state index contributed by atoms with van der Waals surface area (Å²) in [5.41, 5.74) is 3.75. The highest BCUT2D eigenvalue weighted by molar-refractivity contribution is 6.31. The molecule has 1 saturated heterocycles. The van der Waals surface area contributed by atoms with Gasteiger partial charge in [-0.25, -0.2) is 0 Å². The number of ketones is 1. The SMILES string of the molecule is Cc1cc(C(=O)C[NH+]2CCNC(=O)C2)c(C)n1Cc1ccccc1Cl. The van der Waals surface area contributed by atoms with E-state index < -0.39 is 0 Å². The maximum atomic E-state index is 12.7. The number of benzene rings is 1. The van der Waals surface area contributed by atoms with Gasteiger partial charge in [0, 0.05) is 28.5 Å². The highest BCUT2D eigenvalue weighted by Crippen LogP contribution is 2.21. The highest BCUT2D eigenvalue weighted by Gasteiger charge is 2.25. The Hall–Kier alpha value is -2.11. The fourth-order valence-corrected chi connectivity index (χ4v) is 3.55. The molecule has 1 aromatic carbocycles. The lowest BCUT2D eigenvalue weighted by Crippen LogP contribution is -3.16. The first-order chi connectivity index (χ1) is 12.0. The molecular formula is C19H23ClN3O2+. The van der Waals surface area contributed by atoms with Gasteiger partial charge in [-0.1, -0.05) is 29.8 Å². The summed E-state index contributed by atoms with van der Waals surface area (Å²) in [4.78, 5) is 25.2. The van der Waals surface area contributed by atoms with E-state index in [1.165, 1.54) is 0 Å². The van der Waals surface area contributed by atoms with Crippen molar-refractivity contribution < 1.29 is 14.5 Å². The zero-order valence-electron chi connectivity index (χ0n) is 14.6. The zero-order chi connectivity index (χ0) is 18.0. The van der Waals surface area contributed by atoms with E-state index in [1.54, 1.807) is 0 Å². The van der Waals surface area contributed by atoms with Crippen LogP contribution < -0.4 is 10.2 Å². The smallest absolute Gasteiger partial charge is 0.275 e. The Bertz CT molecular complexity index is 813. The van der Waals surface area contributed by atoms with Crippen LogP contribution in [-0.4, -0.2) is 42.4 Å². The van der Waals surface area contributed by atoms with Crippen LogP contribution in [0.1, 0.15) is 27.3 Å². The fraction of sp³-hybridized carbons (Fsp3) is 0.368. The number of piperazine rings is 1. The summed E-state index contributed by atoms with van der Waals surface area (Å²) in [6, 6.07) is 9.69. The van der Waals surface area contributed by atoms with Gasteiger partial charge in [0.25, 0.3) is 5.91 Å². The van der Waals surface area contributed by atoms with Crippen molar-refractivity contribution in [2.45, 2.75) is 20.4 Å². The lowest BCUT2D eigenvalue weighted by atomic mass is 10.1. The molecule has 6 heteroatoms. The van der Waals surface area contributed by atoms with Crippen molar-refractivity contribution in [3.05, 3.63) is 57.9 Å². The molecule has 0 bridgehead atoms. The van der Waals surface area contributed by atoms with Crippen molar-refractivity contribution in [1.29, 1.82) is 0 Å². The predicted molar refractivity (Wildman–Crippen MR) is 97.4 cm³/mol. The monoisotopic (exact) mass is 360 g/mol. The van der Waals surface area contributed by atoms with E-state index in [-0.39, 0.29) is 11.7 Å². The summed E-state index contributed by atoms with van der Waals surface area (Å²) in [6.07, 6.45) is 0. The maximum Gasteiger partial charge on any atom is 0.275 e. The number of carbonyl (C=O) groups is 2. The molecule has 1 aromatic heterocycles. The van der Waals surface area contributed by atoms with Gasteiger partial charge in [0.1, 0.15) is 6.54 Å². The van der Waals surface area contributed by atoms with Crippen molar-refractivity contribution in [3.63, 3.8) is 0 Å². The van der Waals surface area contributed by atoms with E-state index >= 15 is 0 Å². The molecule has 25 heavy (non-hydrogen) atoms. The summed E-state index contributed by atoms with van der Waals surface area (Å²) in [5, 5.41) is 3.52. The number of rotatable bonds is 5. The Morgan fingerprint density at radius 3 is 2.80 bits per heavy atom. The second kappa shape index (κ2) is 7.42. The number of quaternary nitrogens is 1. The van der Waals surface area contributed by atoms with E-state index in [1.807, 2.05) is 44.2 Å². The lowest BCUT2D eigenvalue weighted by molar-refractivity contribution is -0.884. The Balaban J connectivity index is 1.78. The standard InChI is InChI=1S/C19H22ClN3O2/c1-13-9-16(18(24)11-22-8-7-21-19(25)12-22)14(2)23(13)10-15-5-3-4-6-17(15)20/h3-6,9H,7-8,10-12H2,1-2H3,(H,21,25)/p+1. The molecule has 2 N–H and O–H groups in total. The van der Waals surface area contributed by atoms with E-state index in [4.69, 9.17) is 11.6 Å². The van der Waals surface area contributed by atoms with Crippen LogP contribution in [-0.2, 0) is 11.3 Å². The molecular weight excluding hydrogens is 338 g/mol. The van der Waals surface area contributed by atoms with Crippen molar-refractivity contribution >= 4 is 23.3 Å². The molecule has 2 aromatic rings. The predicted octanol–water partition coefficient (Wildman–Crippen LogP) is 1.00. The molecule has 1 aliphatic rings. The molecule has 5 nitrogen and oxygen atoms in total. The second-order valence-electron chi connectivity index (χ2n) is 6.59. The Kier molecular flexibility index (Phi) is 5.25. The minimum atomic E-state index is 0.0123. The number of hydrogen-bond acceptors (Lipinski definition) is 2. The molecule has 1 unspecified atom stereocenters. The summed E-state index contributed by atoms with van der Waals surface area (Å²) in [7, 11) is 0. The van der Waals surface area contributed by atoms with Crippen molar-refractivity contribution in [3.8, 4) is 0 Å². The van der Waals surface area contributed by atoms with Crippen LogP contribution in [0.15, 0.2) is 30.3 Å². The highest BCUT2D eigenvalue weighted by atomic mass is 35.5. The molecule has 0 saturated carbocycles. The number of nitrogens with one attached hydrogen (secondary N) is 2. The molecule has 1 atom stereocenters. The van der Waals surface area contributed by atoms with Gasteiger partial charge in [-0.05, 0) is 31.5 Å². The first kappa shape index (κ1) is 17.7. The van der Waals surface area contributed by atoms with Crippen molar-refractivity contribution in [1.82, 2.24) is 9.88 Å². The van der Waals surface area contributed by atoms with Crippen LogP contribution in [0.2, 0.25) is 5.02 Å². The van der Waals surface area contributed by atoms with Crippen LogP contribution >= 0.6 is 11.6 Å². The number of aryl methyl sites for hydroxylation is 1. The van der Waals surface area contributed by atoms with Gasteiger partial charge >= 0.3 is 0 Å². The zero-order valence-corrected chi connectivity index (χ0v) is 15.3. The molecule has 0 aliphatic carbocycles. The van der Waals surface area contributed by atoms with Gasteiger partial charge in [-0.15, -0.1) is 0 Å². The molecule has 1 aliphatic heterocycles. The minimum absolute atomic E-state index is 0.0123. The van der Waals surface area contributed by atoms with Gasteiger partial charge in [-0.2, -0.15) is 0 Å². The van der Waals surface area contributed by atoms with Crippen molar-refractivity contribution in [2.75, 3.05) is 26.2 Å². The number of amides is 1. The topological polar surface area (TPSA) is 55.5 Å². The average Bonchev–Trinajstić information content (AvgIpc) is 2.85. The number of Topliss-reactive ketones (excluding diaryl/α,β-unsaturated/α-hetero) is 1. The number of halogens is 1. The van der Waals surface area contributed by atoms with Gasteiger partial charge < -0.3 is 14.8 Å².